The van der Waals surface area contributed by atoms with Gasteiger partial charge in [0.15, 0.2) is 0 Å². The zero-order valence-electron chi connectivity index (χ0n) is 6.75. The minimum Gasteiger partial charge on any atom is -0.370 e. The van der Waals surface area contributed by atoms with Crippen molar-refractivity contribution in [1.82, 2.24) is 5.32 Å². The van der Waals surface area contributed by atoms with Gasteiger partial charge in [-0.15, -0.1) is 0 Å². The number of primary amides is 2. The topological polar surface area (TPSA) is 124 Å². The second-order valence-corrected chi connectivity index (χ2v) is 2.37. The highest BCUT2D eigenvalue weighted by atomic mass is 16.2. The Morgan fingerprint density at radius 2 is 1.92 bits per heavy atom. The Labute approximate surface area is 70.5 Å². The molecule has 70 valence electrons. The van der Waals surface area contributed by atoms with Crippen molar-refractivity contribution < 1.29 is 9.59 Å². The zero-order valence-corrected chi connectivity index (χ0v) is 6.75. The van der Waals surface area contributed by atoms with Gasteiger partial charge in [0.1, 0.15) is 0 Å². The van der Waals surface area contributed by atoms with E-state index < -0.39 is 17.9 Å². The minimum atomic E-state index is -0.703. The predicted molar refractivity (Wildman–Crippen MR) is 43.9 cm³/mol. The Morgan fingerprint density at radius 1 is 1.33 bits per heavy atom. The third kappa shape index (κ3) is 4.64. The van der Waals surface area contributed by atoms with Crippen LogP contribution in [-0.2, 0) is 9.59 Å². The van der Waals surface area contributed by atoms with E-state index in [2.05, 4.69) is 5.32 Å². The normalized spacial score (nSPS) is 12.4. The van der Waals surface area contributed by atoms with Gasteiger partial charge in [0, 0.05) is 13.1 Å². The summed E-state index contributed by atoms with van der Waals surface area (Å²) >= 11 is 0. The van der Waals surface area contributed by atoms with E-state index in [1.54, 1.807) is 0 Å². The van der Waals surface area contributed by atoms with Gasteiger partial charge in [0.25, 0.3) is 0 Å². The Kier molecular flexibility index (Phi) is 4.98. The van der Waals surface area contributed by atoms with E-state index in [0.29, 0.717) is 13.1 Å². The van der Waals surface area contributed by atoms with E-state index in [1.807, 2.05) is 0 Å². The lowest BCUT2D eigenvalue weighted by Gasteiger charge is -2.11. The molecule has 0 saturated heterocycles. The van der Waals surface area contributed by atoms with Crippen molar-refractivity contribution in [3.8, 4) is 0 Å². The second-order valence-electron chi connectivity index (χ2n) is 2.37. The van der Waals surface area contributed by atoms with Crippen LogP contribution in [0.1, 0.15) is 6.42 Å². The molecule has 0 aromatic carbocycles. The first kappa shape index (κ1) is 10.9. The fourth-order valence-corrected chi connectivity index (χ4v) is 0.732. The molecular weight excluding hydrogens is 160 g/mol. The molecule has 0 rings (SSSR count). The van der Waals surface area contributed by atoms with E-state index >= 15 is 0 Å². The molecule has 0 aliphatic carbocycles. The third-order valence-electron chi connectivity index (χ3n) is 1.28. The second kappa shape index (κ2) is 5.50. The summed E-state index contributed by atoms with van der Waals surface area (Å²) in [5, 5.41) is 2.70. The van der Waals surface area contributed by atoms with Crippen LogP contribution in [-0.4, -0.2) is 30.9 Å². The van der Waals surface area contributed by atoms with Crippen molar-refractivity contribution in [2.75, 3.05) is 13.1 Å². The quantitative estimate of drug-likeness (QED) is 0.348. The number of rotatable bonds is 6. The SMILES string of the molecule is NCCN[C@@H](CC(N)=O)C(N)=O. The Hall–Kier alpha value is -1.14. The molecule has 6 heteroatoms. The van der Waals surface area contributed by atoms with Crippen LogP contribution in [0.5, 0.6) is 0 Å². The van der Waals surface area contributed by atoms with Crippen molar-refractivity contribution in [3.63, 3.8) is 0 Å². The van der Waals surface area contributed by atoms with Crippen LogP contribution >= 0.6 is 0 Å². The fourth-order valence-electron chi connectivity index (χ4n) is 0.732. The van der Waals surface area contributed by atoms with Gasteiger partial charge in [-0.05, 0) is 0 Å². The Balaban J connectivity index is 3.87. The molecule has 12 heavy (non-hydrogen) atoms. The van der Waals surface area contributed by atoms with Gasteiger partial charge in [-0.3, -0.25) is 9.59 Å². The zero-order chi connectivity index (χ0) is 9.56. The molecule has 0 spiro atoms. The first-order valence-corrected chi connectivity index (χ1v) is 3.59. The molecule has 1 atom stereocenters. The van der Waals surface area contributed by atoms with Gasteiger partial charge in [-0.1, -0.05) is 0 Å². The van der Waals surface area contributed by atoms with E-state index in [4.69, 9.17) is 17.2 Å². The standard InChI is InChI=1S/C6H14N4O2/c7-1-2-10-4(6(9)12)3-5(8)11/h4,10H,1-3,7H2,(H2,8,11)(H2,9,12)/t4-/m0/s1. The summed E-state index contributed by atoms with van der Waals surface area (Å²) in [6.45, 7) is 0.809. The molecule has 0 saturated carbocycles. The smallest absolute Gasteiger partial charge is 0.235 e. The highest BCUT2D eigenvalue weighted by Gasteiger charge is 2.16. The number of nitrogens with two attached hydrogens (primary N) is 3. The monoisotopic (exact) mass is 174 g/mol. The maximum Gasteiger partial charge on any atom is 0.235 e. The summed E-state index contributed by atoms with van der Waals surface area (Å²) in [5.41, 5.74) is 15.0. The average molecular weight is 174 g/mol. The van der Waals surface area contributed by atoms with E-state index in [-0.39, 0.29) is 6.42 Å². The molecule has 6 nitrogen and oxygen atoms in total. The number of amides is 2. The summed E-state index contributed by atoms with van der Waals surface area (Å²) < 4.78 is 0. The van der Waals surface area contributed by atoms with Crippen LogP contribution in [0.15, 0.2) is 0 Å². The van der Waals surface area contributed by atoms with Gasteiger partial charge in [-0.25, -0.2) is 0 Å². The summed E-state index contributed by atoms with van der Waals surface area (Å²) in [4.78, 5) is 21.1. The first-order valence-electron chi connectivity index (χ1n) is 3.59. The van der Waals surface area contributed by atoms with Crippen LogP contribution in [0, 0.1) is 0 Å². The number of hydrogen-bond acceptors (Lipinski definition) is 4. The summed E-state index contributed by atoms with van der Waals surface area (Å²) in [5.74, 6) is -1.16. The van der Waals surface area contributed by atoms with Gasteiger partial charge in [0.05, 0.1) is 12.5 Å². The summed E-state index contributed by atoms with van der Waals surface area (Å²) in [6, 6.07) is -0.703. The molecule has 0 fully saturated rings. The van der Waals surface area contributed by atoms with Gasteiger partial charge in [0.2, 0.25) is 11.8 Å². The van der Waals surface area contributed by atoms with Crippen molar-refractivity contribution in [3.05, 3.63) is 0 Å². The maximum atomic E-state index is 10.7. The Bertz CT molecular complexity index is 171. The fraction of sp³-hybridized carbons (Fsp3) is 0.667. The van der Waals surface area contributed by atoms with Crippen molar-refractivity contribution >= 4 is 11.8 Å². The number of carbonyl (C=O) groups is 2. The maximum absolute atomic E-state index is 10.7. The van der Waals surface area contributed by atoms with Crippen molar-refractivity contribution in [1.29, 1.82) is 0 Å². The van der Waals surface area contributed by atoms with E-state index in [1.165, 1.54) is 0 Å². The number of hydrogen-bond donors (Lipinski definition) is 4. The molecule has 2 amide bonds. The molecule has 0 aliphatic heterocycles. The van der Waals surface area contributed by atoms with Crippen LogP contribution in [0.3, 0.4) is 0 Å². The summed E-state index contributed by atoms with van der Waals surface area (Å²) in [7, 11) is 0. The van der Waals surface area contributed by atoms with Gasteiger partial charge >= 0.3 is 0 Å². The molecule has 0 radical (unpaired) electrons. The van der Waals surface area contributed by atoms with Crippen LogP contribution in [0.2, 0.25) is 0 Å². The number of carbonyl (C=O) groups excluding carboxylic acids is 2. The van der Waals surface area contributed by atoms with Crippen LogP contribution in [0.4, 0.5) is 0 Å². The van der Waals surface area contributed by atoms with Gasteiger partial charge < -0.3 is 22.5 Å². The Morgan fingerprint density at radius 3 is 2.25 bits per heavy atom. The van der Waals surface area contributed by atoms with Crippen LogP contribution < -0.4 is 22.5 Å². The van der Waals surface area contributed by atoms with Crippen molar-refractivity contribution in [2.45, 2.75) is 12.5 Å². The third-order valence-corrected chi connectivity index (χ3v) is 1.28. The van der Waals surface area contributed by atoms with Crippen molar-refractivity contribution in [2.24, 2.45) is 17.2 Å². The predicted octanol–water partition coefficient (Wildman–Crippen LogP) is -2.74. The highest BCUT2D eigenvalue weighted by molar-refractivity contribution is 5.86. The minimum absolute atomic E-state index is 0.0880. The van der Waals surface area contributed by atoms with E-state index in [0.717, 1.165) is 0 Å². The summed E-state index contributed by atoms with van der Waals surface area (Å²) in [6.07, 6.45) is -0.0880. The molecule has 0 bridgehead atoms. The number of nitrogens with one attached hydrogen (secondary N) is 1. The first-order chi connectivity index (χ1) is 5.57. The van der Waals surface area contributed by atoms with Crippen LogP contribution in [0.25, 0.3) is 0 Å². The molecule has 0 aliphatic rings. The lowest BCUT2D eigenvalue weighted by molar-refractivity contribution is -0.125. The van der Waals surface area contributed by atoms with Gasteiger partial charge in [-0.2, -0.15) is 0 Å². The average Bonchev–Trinajstić information content (AvgIpc) is 1.96. The lowest BCUT2D eigenvalue weighted by atomic mass is 10.2. The molecule has 0 aromatic heterocycles. The molecule has 7 N–H and O–H groups in total. The lowest BCUT2D eigenvalue weighted by Crippen LogP contribution is -2.45. The molecular formula is C6H14N4O2. The highest BCUT2D eigenvalue weighted by Crippen LogP contribution is 1.88. The molecule has 0 aromatic rings. The largest absolute Gasteiger partial charge is 0.370 e. The molecule has 0 heterocycles. The molecule has 0 unspecified atom stereocenters. The van der Waals surface area contributed by atoms with E-state index in [9.17, 15) is 9.59 Å².